The van der Waals surface area contributed by atoms with Gasteiger partial charge in [0.1, 0.15) is 5.75 Å². The summed E-state index contributed by atoms with van der Waals surface area (Å²) < 4.78 is 8.02. The predicted molar refractivity (Wildman–Crippen MR) is 119 cm³/mol. The van der Waals surface area contributed by atoms with E-state index in [0.717, 1.165) is 40.4 Å². The van der Waals surface area contributed by atoms with Gasteiger partial charge in [-0.1, -0.05) is 32.6 Å². The van der Waals surface area contributed by atoms with Gasteiger partial charge < -0.3 is 10.1 Å². The van der Waals surface area contributed by atoms with Crippen LogP contribution in [0.3, 0.4) is 0 Å². The number of urea groups is 1. The van der Waals surface area contributed by atoms with Crippen LogP contribution in [-0.2, 0) is 7.05 Å². The number of hydrogen-bond donors (Lipinski definition) is 2. The predicted octanol–water partition coefficient (Wildman–Crippen LogP) is 4.36. The lowest BCUT2D eigenvalue weighted by Crippen LogP contribution is -2.32. The Morgan fingerprint density at radius 3 is 2.67 bits per heavy atom. The van der Waals surface area contributed by atoms with Gasteiger partial charge in [-0.05, 0) is 43.7 Å². The number of aromatic nitrogens is 3. The number of rotatable bonds is 7. The minimum Gasteiger partial charge on any atom is -0.494 e. The molecule has 3 aromatic rings. The molecule has 30 heavy (non-hydrogen) atoms. The van der Waals surface area contributed by atoms with Gasteiger partial charge >= 0.3 is 6.03 Å². The fourth-order valence-electron chi connectivity index (χ4n) is 2.99. The van der Waals surface area contributed by atoms with E-state index in [2.05, 4.69) is 35.1 Å². The van der Waals surface area contributed by atoms with E-state index < -0.39 is 11.9 Å². The topological polar surface area (TPSA) is 89.3 Å². The number of nitrogens with one attached hydrogen (secondary N) is 1. The summed E-state index contributed by atoms with van der Waals surface area (Å²) in [5, 5.41) is 7.68. The van der Waals surface area contributed by atoms with Crippen molar-refractivity contribution in [1.29, 1.82) is 0 Å². The van der Waals surface area contributed by atoms with Crippen molar-refractivity contribution in [2.45, 2.75) is 33.1 Å². The molecule has 1 N–H and O–H groups in total. The number of ether oxygens (including phenoxy) is 1. The van der Waals surface area contributed by atoms with Crippen molar-refractivity contribution in [3.8, 4) is 5.75 Å². The summed E-state index contributed by atoms with van der Waals surface area (Å²) >= 11 is 4.07. The van der Waals surface area contributed by atoms with E-state index in [1.54, 1.807) is 42.1 Å². The number of unbranched alkanes of at least 4 members (excludes halogenated alkanes) is 2. The molecule has 0 radical (unpaired) electrons. The number of anilines is 1. The van der Waals surface area contributed by atoms with Crippen LogP contribution in [0.15, 0.2) is 36.5 Å². The van der Waals surface area contributed by atoms with Gasteiger partial charge in [0.15, 0.2) is 5.65 Å². The summed E-state index contributed by atoms with van der Waals surface area (Å²) in [5.41, 5.74) is 2.20. The second-order valence-corrected chi connectivity index (χ2v) is 7.33. The van der Waals surface area contributed by atoms with E-state index in [0.29, 0.717) is 17.9 Å². The van der Waals surface area contributed by atoms with E-state index in [9.17, 15) is 9.59 Å². The number of carbonyl (C=O) groups excluding carboxylic acids is 2. The van der Waals surface area contributed by atoms with Crippen molar-refractivity contribution < 1.29 is 14.3 Å². The standard InChI is InChI=1S/C21H25N5O3S/c1-4-5-6-11-29-17-9-7-16(8-10-17)23-21(28)26(30)20(27)15-12-18-14(2)24-25(3)19(18)22-13-15/h7-10,12-13,30H,4-6,11H2,1-3H3,(H,23,28). The third-order valence-electron chi connectivity index (χ3n) is 4.62. The highest BCUT2D eigenvalue weighted by Gasteiger charge is 2.21. The first-order chi connectivity index (χ1) is 14.4. The molecule has 0 aliphatic carbocycles. The third kappa shape index (κ3) is 4.91. The largest absolute Gasteiger partial charge is 0.494 e. The van der Waals surface area contributed by atoms with Crippen LogP contribution >= 0.6 is 12.8 Å². The van der Waals surface area contributed by atoms with Crippen molar-refractivity contribution in [2.24, 2.45) is 7.05 Å². The maximum Gasteiger partial charge on any atom is 0.338 e. The van der Waals surface area contributed by atoms with Gasteiger partial charge in [0.05, 0.1) is 17.9 Å². The van der Waals surface area contributed by atoms with Gasteiger partial charge in [-0.3, -0.25) is 9.48 Å². The summed E-state index contributed by atoms with van der Waals surface area (Å²) in [6.45, 7) is 4.63. The Bertz CT molecular complexity index is 1050. The molecule has 0 bridgehead atoms. The van der Waals surface area contributed by atoms with E-state index in [1.807, 2.05) is 6.92 Å². The molecule has 0 spiro atoms. The van der Waals surface area contributed by atoms with Gasteiger partial charge in [0.25, 0.3) is 5.91 Å². The first-order valence-electron chi connectivity index (χ1n) is 9.77. The zero-order valence-corrected chi connectivity index (χ0v) is 18.1. The number of hydrogen-bond acceptors (Lipinski definition) is 6. The normalized spacial score (nSPS) is 10.8. The molecule has 3 rings (SSSR count). The van der Waals surface area contributed by atoms with Crippen molar-refractivity contribution in [3.63, 3.8) is 0 Å². The number of pyridine rings is 1. The van der Waals surface area contributed by atoms with Gasteiger partial charge in [-0.2, -0.15) is 5.10 Å². The highest BCUT2D eigenvalue weighted by atomic mass is 32.1. The summed E-state index contributed by atoms with van der Waals surface area (Å²) in [6.07, 6.45) is 4.68. The smallest absolute Gasteiger partial charge is 0.338 e. The van der Waals surface area contributed by atoms with Gasteiger partial charge in [0, 0.05) is 24.3 Å². The van der Waals surface area contributed by atoms with Gasteiger partial charge in [-0.25, -0.2) is 14.1 Å². The van der Waals surface area contributed by atoms with Crippen molar-refractivity contribution in [3.05, 3.63) is 47.8 Å². The van der Waals surface area contributed by atoms with E-state index in [-0.39, 0.29) is 5.56 Å². The molecule has 158 valence electrons. The van der Waals surface area contributed by atoms with E-state index >= 15 is 0 Å². The monoisotopic (exact) mass is 427 g/mol. The molecule has 2 aromatic heterocycles. The van der Waals surface area contributed by atoms with Crippen LogP contribution < -0.4 is 10.1 Å². The zero-order valence-electron chi connectivity index (χ0n) is 17.3. The fourth-order valence-corrected chi connectivity index (χ4v) is 3.16. The Morgan fingerprint density at radius 2 is 1.97 bits per heavy atom. The number of imide groups is 1. The Kier molecular flexibility index (Phi) is 6.94. The number of amides is 3. The summed E-state index contributed by atoms with van der Waals surface area (Å²) in [7, 11) is 1.78. The molecular formula is C21H25N5O3S. The quantitative estimate of drug-likeness (QED) is 0.432. The van der Waals surface area contributed by atoms with Crippen LogP contribution in [-0.4, -0.2) is 37.6 Å². The van der Waals surface area contributed by atoms with Crippen LogP contribution in [0, 0.1) is 6.92 Å². The molecule has 0 atom stereocenters. The van der Waals surface area contributed by atoms with Crippen LogP contribution in [0.2, 0.25) is 0 Å². The van der Waals surface area contributed by atoms with Crippen LogP contribution in [0.25, 0.3) is 11.0 Å². The molecule has 8 nitrogen and oxygen atoms in total. The molecular weight excluding hydrogens is 402 g/mol. The summed E-state index contributed by atoms with van der Waals surface area (Å²) in [6, 6.07) is 7.97. The second kappa shape index (κ2) is 9.62. The molecule has 0 aliphatic rings. The fraction of sp³-hybridized carbons (Fsp3) is 0.333. The van der Waals surface area contributed by atoms with E-state index in [4.69, 9.17) is 4.74 Å². The lowest BCUT2D eigenvalue weighted by atomic mass is 10.2. The Labute approximate surface area is 180 Å². The van der Waals surface area contributed by atoms with Crippen molar-refractivity contribution in [2.75, 3.05) is 11.9 Å². The average Bonchev–Trinajstić information content (AvgIpc) is 3.04. The molecule has 0 aliphatic heterocycles. The molecule has 0 saturated heterocycles. The zero-order chi connectivity index (χ0) is 21.7. The number of nitrogens with zero attached hydrogens (tertiary/aromatic N) is 4. The van der Waals surface area contributed by atoms with Gasteiger partial charge in [-0.15, -0.1) is 0 Å². The highest BCUT2D eigenvalue weighted by molar-refractivity contribution is 7.79. The Hall–Kier alpha value is -3.07. The number of aryl methyl sites for hydroxylation is 2. The lowest BCUT2D eigenvalue weighted by molar-refractivity contribution is 0.0901. The highest BCUT2D eigenvalue weighted by Crippen LogP contribution is 2.20. The first kappa shape index (κ1) is 21.6. The van der Waals surface area contributed by atoms with Crippen LogP contribution in [0.1, 0.15) is 42.2 Å². The average molecular weight is 428 g/mol. The number of carbonyl (C=O) groups is 2. The Balaban J connectivity index is 1.62. The molecule has 3 amide bonds. The maximum absolute atomic E-state index is 12.7. The molecule has 0 saturated carbocycles. The first-order valence-corrected chi connectivity index (χ1v) is 10.2. The van der Waals surface area contributed by atoms with Crippen LogP contribution in [0.5, 0.6) is 5.75 Å². The third-order valence-corrected chi connectivity index (χ3v) is 4.98. The molecule has 0 unspecified atom stereocenters. The minimum atomic E-state index is -0.664. The number of benzene rings is 1. The summed E-state index contributed by atoms with van der Waals surface area (Å²) in [4.78, 5) is 29.4. The summed E-state index contributed by atoms with van der Waals surface area (Å²) in [5.74, 6) is 0.151. The number of thiol groups is 1. The van der Waals surface area contributed by atoms with E-state index in [1.165, 1.54) is 6.20 Å². The number of fused-ring (bicyclic) bond motifs is 1. The SMILES string of the molecule is CCCCCOc1ccc(NC(=O)N(S)C(=O)c2cnc3c(c2)c(C)nn3C)cc1. The Morgan fingerprint density at radius 1 is 1.23 bits per heavy atom. The van der Waals surface area contributed by atoms with Gasteiger partial charge in [0.2, 0.25) is 0 Å². The molecule has 0 fully saturated rings. The molecule has 9 heteroatoms. The molecule has 2 heterocycles. The van der Waals surface area contributed by atoms with Crippen LogP contribution in [0.4, 0.5) is 10.5 Å². The van der Waals surface area contributed by atoms with Crippen molar-refractivity contribution in [1.82, 2.24) is 19.1 Å². The molecule has 1 aromatic carbocycles. The minimum absolute atomic E-state index is 0.250. The maximum atomic E-state index is 12.7. The second-order valence-electron chi connectivity index (χ2n) is 6.93. The lowest BCUT2D eigenvalue weighted by Gasteiger charge is -2.15. The van der Waals surface area contributed by atoms with Crippen molar-refractivity contribution >= 4 is 41.5 Å².